The molecular weight excluding hydrogens is 266 g/mol. The molecule has 2 atom stereocenters. The van der Waals surface area contributed by atoms with Crippen LogP contribution in [-0.4, -0.2) is 45.5 Å². The van der Waals surface area contributed by atoms with Crippen molar-refractivity contribution in [1.82, 2.24) is 4.90 Å². The SMILES string of the molecule is C[C@H](O)CN(Cc1c(O)ccc2ccccc12)C[C@H](C)O. The first-order valence-corrected chi connectivity index (χ1v) is 7.25. The van der Waals surface area contributed by atoms with Crippen molar-refractivity contribution in [2.24, 2.45) is 0 Å². The normalized spacial score (nSPS) is 14.5. The number of aliphatic hydroxyl groups is 2. The maximum absolute atomic E-state index is 10.2. The summed E-state index contributed by atoms with van der Waals surface area (Å²) in [5.41, 5.74) is 0.828. The quantitative estimate of drug-likeness (QED) is 0.762. The molecule has 2 aromatic carbocycles. The van der Waals surface area contributed by atoms with E-state index in [1.165, 1.54) is 0 Å². The minimum absolute atomic E-state index is 0.245. The highest BCUT2D eigenvalue weighted by atomic mass is 16.3. The van der Waals surface area contributed by atoms with Gasteiger partial charge in [0.1, 0.15) is 5.75 Å². The van der Waals surface area contributed by atoms with Crippen LogP contribution in [0.3, 0.4) is 0 Å². The van der Waals surface area contributed by atoms with Gasteiger partial charge in [0.05, 0.1) is 12.2 Å². The fourth-order valence-corrected chi connectivity index (χ4v) is 2.67. The molecule has 4 nitrogen and oxygen atoms in total. The molecule has 0 unspecified atom stereocenters. The number of aromatic hydroxyl groups is 1. The summed E-state index contributed by atoms with van der Waals surface area (Å²) in [6.07, 6.45) is -0.971. The molecule has 0 fully saturated rings. The van der Waals surface area contributed by atoms with E-state index in [2.05, 4.69) is 0 Å². The number of fused-ring (bicyclic) bond motifs is 1. The molecule has 0 heterocycles. The van der Waals surface area contributed by atoms with Crippen molar-refractivity contribution in [3.63, 3.8) is 0 Å². The van der Waals surface area contributed by atoms with Gasteiger partial charge in [-0.15, -0.1) is 0 Å². The molecular formula is C17H23NO3. The third kappa shape index (κ3) is 4.17. The van der Waals surface area contributed by atoms with Gasteiger partial charge in [-0.25, -0.2) is 0 Å². The summed E-state index contributed by atoms with van der Waals surface area (Å²) in [6, 6.07) is 11.5. The van der Waals surface area contributed by atoms with Gasteiger partial charge in [-0.3, -0.25) is 4.90 Å². The van der Waals surface area contributed by atoms with Crippen molar-refractivity contribution < 1.29 is 15.3 Å². The predicted octanol–water partition coefficient (Wildman–Crippen LogP) is 2.11. The second kappa shape index (κ2) is 6.89. The standard InChI is InChI=1S/C17H23NO3/c1-12(19)9-18(10-13(2)20)11-16-15-6-4-3-5-14(15)7-8-17(16)21/h3-8,12-13,19-21H,9-11H2,1-2H3/t12-,13-/m0/s1. The van der Waals surface area contributed by atoms with E-state index in [9.17, 15) is 15.3 Å². The molecule has 2 rings (SSSR count). The highest BCUT2D eigenvalue weighted by Crippen LogP contribution is 2.28. The van der Waals surface area contributed by atoms with Gasteiger partial charge >= 0.3 is 0 Å². The van der Waals surface area contributed by atoms with Gasteiger partial charge in [0.2, 0.25) is 0 Å². The number of benzene rings is 2. The van der Waals surface area contributed by atoms with E-state index in [4.69, 9.17) is 0 Å². The molecule has 2 aromatic rings. The van der Waals surface area contributed by atoms with Gasteiger partial charge in [-0.1, -0.05) is 30.3 Å². The molecule has 0 aliphatic heterocycles. The Kier molecular flexibility index (Phi) is 5.17. The summed E-state index contributed by atoms with van der Waals surface area (Å²) in [7, 11) is 0. The largest absolute Gasteiger partial charge is 0.508 e. The van der Waals surface area contributed by atoms with Gasteiger partial charge < -0.3 is 15.3 Å². The molecule has 21 heavy (non-hydrogen) atoms. The molecule has 0 bridgehead atoms. The lowest BCUT2D eigenvalue weighted by Gasteiger charge is -2.26. The average molecular weight is 289 g/mol. The van der Waals surface area contributed by atoms with Crippen LogP contribution in [0.25, 0.3) is 10.8 Å². The summed E-state index contributed by atoms with van der Waals surface area (Å²) >= 11 is 0. The Balaban J connectivity index is 2.33. The molecule has 0 saturated carbocycles. The van der Waals surface area contributed by atoms with Crippen LogP contribution in [0.4, 0.5) is 0 Å². The van der Waals surface area contributed by atoms with Crippen molar-refractivity contribution in [2.75, 3.05) is 13.1 Å². The van der Waals surface area contributed by atoms with Crippen molar-refractivity contribution in [3.05, 3.63) is 42.0 Å². The number of nitrogens with zero attached hydrogens (tertiary/aromatic N) is 1. The van der Waals surface area contributed by atoms with Crippen LogP contribution in [0.2, 0.25) is 0 Å². The molecule has 0 spiro atoms. The minimum atomic E-state index is -0.485. The average Bonchev–Trinajstić information content (AvgIpc) is 2.40. The maximum Gasteiger partial charge on any atom is 0.120 e. The number of aliphatic hydroxyl groups excluding tert-OH is 2. The highest BCUT2D eigenvalue weighted by molar-refractivity contribution is 5.87. The lowest BCUT2D eigenvalue weighted by molar-refractivity contribution is 0.0792. The zero-order valence-corrected chi connectivity index (χ0v) is 12.5. The Morgan fingerprint density at radius 1 is 0.952 bits per heavy atom. The van der Waals surface area contributed by atoms with Crippen molar-refractivity contribution in [2.45, 2.75) is 32.6 Å². The van der Waals surface area contributed by atoms with Gasteiger partial charge in [0.25, 0.3) is 0 Å². The predicted molar refractivity (Wildman–Crippen MR) is 84.3 cm³/mol. The second-order valence-electron chi connectivity index (χ2n) is 5.68. The van der Waals surface area contributed by atoms with Gasteiger partial charge in [-0.2, -0.15) is 0 Å². The molecule has 0 aliphatic rings. The van der Waals surface area contributed by atoms with Crippen molar-refractivity contribution >= 4 is 10.8 Å². The molecule has 3 N–H and O–H groups in total. The summed E-state index contributed by atoms with van der Waals surface area (Å²) < 4.78 is 0. The van der Waals surface area contributed by atoms with E-state index in [0.717, 1.165) is 16.3 Å². The second-order valence-corrected chi connectivity index (χ2v) is 5.68. The number of rotatable bonds is 6. The lowest BCUT2D eigenvalue weighted by atomic mass is 10.0. The Hall–Kier alpha value is -1.62. The highest BCUT2D eigenvalue weighted by Gasteiger charge is 2.15. The molecule has 114 valence electrons. The van der Waals surface area contributed by atoms with E-state index in [-0.39, 0.29) is 5.75 Å². The zero-order valence-electron chi connectivity index (χ0n) is 12.5. The number of phenolic OH excluding ortho intramolecular Hbond substituents is 1. The van der Waals surface area contributed by atoms with E-state index < -0.39 is 12.2 Å². The Morgan fingerprint density at radius 3 is 2.19 bits per heavy atom. The van der Waals surface area contributed by atoms with Crippen LogP contribution < -0.4 is 0 Å². The first kappa shape index (κ1) is 15.8. The molecule has 0 aromatic heterocycles. The molecule has 4 heteroatoms. The first-order chi connectivity index (χ1) is 9.97. The zero-order chi connectivity index (χ0) is 15.4. The third-order valence-corrected chi connectivity index (χ3v) is 3.44. The fourth-order valence-electron chi connectivity index (χ4n) is 2.67. The fraction of sp³-hybridized carbons (Fsp3) is 0.412. The number of phenols is 1. The van der Waals surface area contributed by atoms with Crippen LogP contribution in [0.15, 0.2) is 36.4 Å². The van der Waals surface area contributed by atoms with E-state index in [1.807, 2.05) is 35.2 Å². The van der Waals surface area contributed by atoms with E-state index in [0.29, 0.717) is 19.6 Å². The Labute approximate surface area is 125 Å². The topological polar surface area (TPSA) is 63.9 Å². The van der Waals surface area contributed by atoms with Gasteiger partial charge in [-0.05, 0) is 30.7 Å². The molecule has 0 amide bonds. The third-order valence-electron chi connectivity index (χ3n) is 3.44. The monoisotopic (exact) mass is 289 g/mol. The lowest BCUT2D eigenvalue weighted by Crippen LogP contribution is -2.35. The molecule has 0 radical (unpaired) electrons. The Morgan fingerprint density at radius 2 is 1.57 bits per heavy atom. The van der Waals surface area contributed by atoms with Crippen molar-refractivity contribution in [1.29, 1.82) is 0 Å². The van der Waals surface area contributed by atoms with Crippen LogP contribution >= 0.6 is 0 Å². The van der Waals surface area contributed by atoms with Crippen LogP contribution in [0, 0.1) is 0 Å². The summed E-state index contributed by atoms with van der Waals surface area (Å²) in [5.74, 6) is 0.245. The van der Waals surface area contributed by atoms with E-state index in [1.54, 1.807) is 19.9 Å². The molecule has 0 saturated heterocycles. The van der Waals surface area contributed by atoms with Crippen LogP contribution in [0.1, 0.15) is 19.4 Å². The summed E-state index contributed by atoms with van der Waals surface area (Å²) in [5, 5.41) is 31.5. The summed E-state index contributed by atoms with van der Waals surface area (Å²) in [4.78, 5) is 1.96. The smallest absolute Gasteiger partial charge is 0.120 e. The van der Waals surface area contributed by atoms with Crippen LogP contribution in [-0.2, 0) is 6.54 Å². The van der Waals surface area contributed by atoms with E-state index >= 15 is 0 Å². The first-order valence-electron chi connectivity index (χ1n) is 7.25. The Bertz CT molecular complexity index is 586. The van der Waals surface area contributed by atoms with Crippen molar-refractivity contribution in [3.8, 4) is 5.75 Å². The minimum Gasteiger partial charge on any atom is -0.508 e. The van der Waals surface area contributed by atoms with Crippen LogP contribution in [0.5, 0.6) is 5.75 Å². The molecule has 0 aliphatic carbocycles. The maximum atomic E-state index is 10.2. The number of hydrogen-bond donors (Lipinski definition) is 3. The van der Waals surface area contributed by atoms with Gasteiger partial charge in [0.15, 0.2) is 0 Å². The summed E-state index contributed by atoms with van der Waals surface area (Å²) in [6.45, 7) is 4.83. The number of hydrogen-bond acceptors (Lipinski definition) is 4. The van der Waals surface area contributed by atoms with Gasteiger partial charge in [0, 0.05) is 25.2 Å².